The Kier molecular flexibility index (Phi) is 5.88. The summed E-state index contributed by atoms with van der Waals surface area (Å²) in [6.07, 6.45) is 0. The van der Waals surface area contributed by atoms with E-state index in [2.05, 4.69) is 5.32 Å². The number of benzene rings is 2. The van der Waals surface area contributed by atoms with Gasteiger partial charge in [-0.1, -0.05) is 34.8 Å². The molecule has 2 aromatic carbocycles. The van der Waals surface area contributed by atoms with Gasteiger partial charge in [0.15, 0.2) is 5.76 Å². The molecule has 0 aliphatic rings. The van der Waals surface area contributed by atoms with Crippen LogP contribution in [-0.4, -0.2) is 11.0 Å². The highest BCUT2D eigenvalue weighted by atomic mass is 35.5. The van der Waals surface area contributed by atoms with Crippen molar-refractivity contribution in [1.82, 2.24) is 0 Å². The van der Waals surface area contributed by atoms with Crippen molar-refractivity contribution < 1.29 is 18.7 Å². The molecule has 152 valence electrons. The van der Waals surface area contributed by atoms with E-state index in [1.165, 1.54) is 0 Å². The van der Waals surface area contributed by atoms with Gasteiger partial charge in [-0.3, -0.25) is 4.79 Å². The van der Waals surface area contributed by atoms with E-state index in [0.717, 1.165) is 0 Å². The van der Waals surface area contributed by atoms with Crippen LogP contribution in [0.4, 0.5) is 5.69 Å². The third-order valence-electron chi connectivity index (χ3n) is 4.29. The van der Waals surface area contributed by atoms with Gasteiger partial charge in [-0.05, 0) is 60.7 Å². The van der Waals surface area contributed by atoms with Crippen molar-refractivity contribution in [3.8, 4) is 22.6 Å². The van der Waals surface area contributed by atoms with Crippen LogP contribution < -0.4 is 5.32 Å². The Balaban J connectivity index is 1.51. The van der Waals surface area contributed by atoms with E-state index in [-0.39, 0.29) is 12.4 Å². The SMILES string of the molecule is O=C(Nc1ccc(-c2ccc(CO)o2)c(Cl)c1)c1ccc(-c2cc(Cl)cc(Cl)c2)o1. The van der Waals surface area contributed by atoms with Crippen molar-refractivity contribution in [2.75, 3.05) is 5.32 Å². The maximum atomic E-state index is 12.6. The summed E-state index contributed by atoms with van der Waals surface area (Å²) in [7, 11) is 0. The molecule has 0 bridgehead atoms. The number of rotatable bonds is 5. The lowest BCUT2D eigenvalue weighted by atomic mass is 10.1. The summed E-state index contributed by atoms with van der Waals surface area (Å²) in [6, 6.07) is 16.7. The fraction of sp³-hybridized carbons (Fsp3) is 0.0455. The lowest BCUT2D eigenvalue weighted by Gasteiger charge is -2.07. The summed E-state index contributed by atoms with van der Waals surface area (Å²) in [5, 5.41) is 13.2. The molecule has 2 heterocycles. The zero-order chi connectivity index (χ0) is 21.3. The maximum absolute atomic E-state index is 12.6. The molecule has 0 saturated heterocycles. The van der Waals surface area contributed by atoms with E-state index in [9.17, 15) is 4.79 Å². The Labute approximate surface area is 186 Å². The third-order valence-corrected chi connectivity index (χ3v) is 5.04. The highest BCUT2D eigenvalue weighted by Crippen LogP contribution is 2.32. The van der Waals surface area contributed by atoms with Crippen LogP contribution in [0.1, 0.15) is 16.3 Å². The van der Waals surface area contributed by atoms with E-state index in [4.69, 9.17) is 48.7 Å². The minimum absolute atomic E-state index is 0.125. The summed E-state index contributed by atoms with van der Waals surface area (Å²) >= 11 is 18.4. The number of anilines is 1. The summed E-state index contributed by atoms with van der Waals surface area (Å²) in [5.41, 5.74) is 1.80. The molecule has 0 unspecified atom stereocenters. The Morgan fingerprint density at radius 3 is 2.27 bits per heavy atom. The van der Waals surface area contributed by atoms with Crippen molar-refractivity contribution in [3.63, 3.8) is 0 Å². The fourth-order valence-electron chi connectivity index (χ4n) is 2.90. The summed E-state index contributed by atoms with van der Waals surface area (Å²) in [4.78, 5) is 12.6. The molecule has 30 heavy (non-hydrogen) atoms. The van der Waals surface area contributed by atoms with Gasteiger partial charge in [0.1, 0.15) is 23.9 Å². The van der Waals surface area contributed by atoms with Gasteiger partial charge in [-0.25, -0.2) is 0 Å². The molecule has 2 N–H and O–H groups in total. The highest BCUT2D eigenvalue weighted by Gasteiger charge is 2.15. The number of aliphatic hydroxyl groups is 1. The molecule has 4 aromatic rings. The first kappa shape index (κ1) is 20.6. The van der Waals surface area contributed by atoms with Crippen LogP contribution in [0.15, 0.2) is 69.5 Å². The smallest absolute Gasteiger partial charge is 0.291 e. The predicted octanol–water partition coefficient (Wildman–Crippen LogP) is 6.91. The van der Waals surface area contributed by atoms with Crippen LogP contribution in [0.5, 0.6) is 0 Å². The van der Waals surface area contributed by atoms with Gasteiger partial charge < -0.3 is 19.3 Å². The first-order valence-electron chi connectivity index (χ1n) is 8.80. The first-order valence-corrected chi connectivity index (χ1v) is 9.93. The van der Waals surface area contributed by atoms with Crippen molar-refractivity contribution in [2.45, 2.75) is 6.61 Å². The quantitative estimate of drug-likeness (QED) is 0.338. The second-order valence-electron chi connectivity index (χ2n) is 6.39. The van der Waals surface area contributed by atoms with Gasteiger partial charge in [-0.2, -0.15) is 0 Å². The lowest BCUT2D eigenvalue weighted by Crippen LogP contribution is -2.10. The molecular weight excluding hydrogens is 449 g/mol. The molecule has 8 heteroatoms. The normalized spacial score (nSPS) is 10.9. The number of amides is 1. The average molecular weight is 463 g/mol. The minimum atomic E-state index is -0.432. The van der Waals surface area contributed by atoms with Crippen molar-refractivity contribution in [2.24, 2.45) is 0 Å². The molecule has 0 atom stereocenters. The number of hydrogen-bond donors (Lipinski definition) is 2. The van der Waals surface area contributed by atoms with Gasteiger partial charge >= 0.3 is 0 Å². The van der Waals surface area contributed by atoms with Gasteiger partial charge in [0, 0.05) is 26.9 Å². The second-order valence-corrected chi connectivity index (χ2v) is 7.67. The van der Waals surface area contributed by atoms with Gasteiger partial charge in [-0.15, -0.1) is 0 Å². The second kappa shape index (κ2) is 8.58. The Morgan fingerprint density at radius 1 is 0.867 bits per heavy atom. The van der Waals surface area contributed by atoms with E-state index in [1.54, 1.807) is 60.7 Å². The lowest BCUT2D eigenvalue weighted by molar-refractivity contribution is 0.0997. The van der Waals surface area contributed by atoms with Crippen molar-refractivity contribution in [3.05, 3.63) is 87.3 Å². The maximum Gasteiger partial charge on any atom is 0.291 e. The topological polar surface area (TPSA) is 75.6 Å². The van der Waals surface area contributed by atoms with Gasteiger partial charge in [0.05, 0.1) is 5.02 Å². The number of carbonyl (C=O) groups excluding carboxylic acids is 1. The van der Waals surface area contributed by atoms with Crippen LogP contribution in [0.25, 0.3) is 22.6 Å². The molecule has 4 rings (SSSR count). The number of furan rings is 2. The third kappa shape index (κ3) is 4.40. The van der Waals surface area contributed by atoms with E-state index in [0.29, 0.717) is 49.2 Å². The van der Waals surface area contributed by atoms with Crippen molar-refractivity contribution >= 4 is 46.4 Å². The molecule has 5 nitrogen and oxygen atoms in total. The Hall–Kier alpha value is -2.70. The zero-order valence-corrected chi connectivity index (χ0v) is 17.6. The zero-order valence-electron chi connectivity index (χ0n) is 15.3. The number of hydrogen-bond acceptors (Lipinski definition) is 4. The molecule has 0 spiro atoms. The number of aliphatic hydroxyl groups excluding tert-OH is 1. The van der Waals surface area contributed by atoms with Crippen LogP contribution >= 0.6 is 34.8 Å². The minimum Gasteiger partial charge on any atom is -0.459 e. The monoisotopic (exact) mass is 461 g/mol. The summed E-state index contributed by atoms with van der Waals surface area (Å²) in [5.74, 6) is 1.12. The van der Waals surface area contributed by atoms with Crippen LogP contribution in [-0.2, 0) is 6.61 Å². The number of nitrogens with one attached hydrogen (secondary N) is 1. The molecule has 1 amide bonds. The van der Waals surface area contributed by atoms with Gasteiger partial charge in [0.2, 0.25) is 0 Å². The van der Waals surface area contributed by atoms with Crippen molar-refractivity contribution in [1.29, 1.82) is 0 Å². The van der Waals surface area contributed by atoms with Gasteiger partial charge in [0.25, 0.3) is 5.91 Å². The van der Waals surface area contributed by atoms with Crippen LogP contribution in [0.2, 0.25) is 15.1 Å². The van der Waals surface area contributed by atoms with E-state index in [1.807, 2.05) is 0 Å². The van der Waals surface area contributed by atoms with Crippen LogP contribution in [0, 0.1) is 0 Å². The fourth-order valence-corrected chi connectivity index (χ4v) is 3.70. The molecule has 0 fully saturated rings. The summed E-state index contributed by atoms with van der Waals surface area (Å²) < 4.78 is 11.1. The molecule has 0 aliphatic heterocycles. The number of carbonyl (C=O) groups is 1. The average Bonchev–Trinajstić information content (AvgIpc) is 3.37. The first-order chi connectivity index (χ1) is 14.4. The highest BCUT2D eigenvalue weighted by molar-refractivity contribution is 6.35. The molecule has 2 aromatic heterocycles. The van der Waals surface area contributed by atoms with E-state index >= 15 is 0 Å². The Bertz CT molecular complexity index is 1210. The molecule has 0 saturated carbocycles. The standard InChI is InChI=1S/C22H14Cl3NO4/c23-13-7-12(8-14(24)9-13)19-5-6-21(30-19)22(28)26-15-1-3-17(18(25)10-15)20-4-2-16(11-27)29-20/h1-10,27H,11H2,(H,26,28). The largest absolute Gasteiger partial charge is 0.459 e. The summed E-state index contributed by atoms with van der Waals surface area (Å²) in [6.45, 7) is -0.196. The molecule has 0 aliphatic carbocycles. The Morgan fingerprint density at radius 2 is 1.60 bits per heavy atom. The molecule has 0 radical (unpaired) electrons. The number of halogens is 3. The van der Waals surface area contributed by atoms with E-state index < -0.39 is 5.91 Å². The predicted molar refractivity (Wildman–Crippen MR) is 117 cm³/mol. The van der Waals surface area contributed by atoms with Crippen LogP contribution in [0.3, 0.4) is 0 Å². The molecular formula is C22H14Cl3NO4.